The number of amides is 1. The Morgan fingerprint density at radius 1 is 1.31 bits per heavy atom. The molecule has 0 saturated heterocycles. The summed E-state index contributed by atoms with van der Waals surface area (Å²) in [6.45, 7) is -0.202. The lowest BCUT2D eigenvalue weighted by Gasteiger charge is -2.18. The van der Waals surface area contributed by atoms with E-state index in [0.717, 1.165) is 10.4 Å². The van der Waals surface area contributed by atoms with Crippen LogP contribution in [0, 0.1) is 5.82 Å². The van der Waals surface area contributed by atoms with Crippen LogP contribution in [0.4, 0.5) is 4.39 Å². The number of nitrogens with one attached hydrogen (secondary N) is 1. The standard InChI is InChI=1S/C19H15BrFN5O2S/c1-25-18-15(17(20)24-25)19(28)26(10-22-18)9-14(27)23-16(13-3-2-8-29-13)11-4-6-12(21)7-5-11/h2-8,10,16H,9H2,1H3,(H,23,27). The van der Waals surface area contributed by atoms with Gasteiger partial charge in [-0.15, -0.1) is 11.3 Å². The number of nitrogens with zero attached hydrogens (tertiary/aromatic N) is 4. The van der Waals surface area contributed by atoms with E-state index in [-0.39, 0.29) is 23.8 Å². The predicted octanol–water partition coefficient (Wildman–Crippen LogP) is 3.00. The molecule has 0 aliphatic rings. The van der Waals surface area contributed by atoms with Crippen molar-refractivity contribution in [3.8, 4) is 0 Å². The van der Waals surface area contributed by atoms with Crippen LogP contribution in [0.5, 0.6) is 0 Å². The number of carbonyl (C=O) groups is 1. The van der Waals surface area contributed by atoms with Crippen LogP contribution < -0.4 is 10.9 Å². The molecule has 0 bridgehead atoms. The van der Waals surface area contributed by atoms with Gasteiger partial charge in [0, 0.05) is 11.9 Å². The van der Waals surface area contributed by atoms with Crippen molar-refractivity contribution in [3.63, 3.8) is 0 Å². The Labute approximate surface area is 176 Å². The first-order valence-corrected chi connectivity index (χ1v) is 10.3. The Hall–Kier alpha value is -2.85. The van der Waals surface area contributed by atoms with Crippen LogP contribution in [0.3, 0.4) is 0 Å². The molecule has 4 rings (SSSR count). The van der Waals surface area contributed by atoms with E-state index in [4.69, 9.17) is 0 Å². The summed E-state index contributed by atoms with van der Waals surface area (Å²) in [5.41, 5.74) is 0.819. The maximum Gasteiger partial charge on any atom is 0.266 e. The number of benzene rings is 1. The zero-order valence-electron chi connectivity index (χ0n) is 15.2. The summed E-state index contributed by atoms with van der Waals surface area (Å²) in [5, 5.41) is 9.27. The molecule has 1 aromatic carbocycles. The quantitative estimate of drug-likeness (QED) is 0.480. The van der Waals surface area contributed by atoms with E-state index in [9.17, 15) is 14.0 Å². The van der Waals surface area contributed by atoms with Crippen molar-refractivity contribution in [2.24, 2.45) is 7.05 Å². The molecule has 10 heteroatoms. The van der Waals surface area contributed by atoms with Crippen LogP contribution in [-0.4, -0.2) is 25.2 Å². The van der Waals surface area contributed by atoms with Crippen LogP contribution in [0.25, 0.3) is 11.0 Å². The van der Waals surface area contributed by atoms with Crippen molar-refractivity contribution < 1.29 is 9.18 Å². The van der Waals surface area contributed by atoms with Gasteiger partial charge in [0.2, 0.25) is 5.91 Å². The van der Waals surface area contributed by atoms with Crippen molar-refractivity contribution in [1.29, 1.82) is 0 Å². The Kier molecular flexibility index (Phi) is 5.29. The van der Waals surface area contributed by atoms with E-state index in [1.54, 1.807) is 19.2 Å². The number of thiophene rings is 1. The van der Waals surface area contributed by atoms with Crippen molar-refractivity contribution >= 4 is 44.2 Å². The molecule has 4 aromatic rings. The van der Waals surface area contributed by atoms with Crippen LogP contribution in [0.1, 0.15) is 16.5 Å². The van der Waals surface area contributed by atoms with Crippen LogP contribution in [0.15, 0.2) is 57.5 Å². The number of halogens is 2. The maximum absolute atomic E-state index is 13.3. The fraction of sp³-hybridized carbons (Fsp3) is 0.158. The molecule has 29 heavy (non-hydrogen) atoms. The summed E-state index contributed by atoms with van der Waals surface area (Å²) >= 11 is 4.74. The first-order valence-electron chi connectivity index (χ1n) is 8.60. The van der Waals surface area contributed by atoms with Crippen LogP contribution >= 0.6 is 27.3 Å². The molecule has 7 nitrogen and oxygen atoms in total. The number of carbonyl (C=O) groups excluding carboxylic acids is 1. The second-order valence-electron chi connectivity index (χ2n) is 6.36. The average Bonchev–Trinajstić information content (AvgIpc) is 3.31. The minimum absolute atomic E-state index is 0.202. The van der Waals surface area contributed by atoms with E-state index >= 15 is 0 Å². The highest BCUT2D eigenvalue weighted by Gasteiger charge is 2.20. The minimum atomic E-state index is -0.444. The summed E-state index contributed by atoms with van der Waals surface area (Å²) in [6.07, 6.45) is 1.33. The van der Waals surface area contributed by atoms with Gasteiger partial charge in [0.05, 0.1) is 6.04 Å². The molecule has 0 fully saturated rings. The first kappa shape index (κ1) is 19.5. The zero-order valence-corrected chi connectivity index (χ0v) is 17.6. The van der Waals surface area contributed by atoms with Crippen LogP contribution in [-0.2, 0) is 18.4 Å². The Bertz CT molecular complexity index is 1230. The SMILES string of the molecule is Cn1nc(Br)c2c(=O)n(CC(=O)NC(c3ccc(F)cc3)c3cccs3)cnc21. The molecule has 0 saturated carbocycles. The lowest BCUT2D eigenvalue weighted by molar-refractivity contribution is -0.122. The number of rotatable bonds is 5. The second-order valence-corrected chi connectivity index (χ2v) is 8.09. The lowest BCUT2D eigenvalue weighted by Crippen LogP contribution is -2.35. The Morgan fingerprint density at radius 3 is 2.76 bits per heavy atom. The van der Waals surface area contributed by atoms with E-state index < -0.39 is 6.04 Å². The number of aromatic nitrogens is 4. The van der Waals surface area contributed by atoms with E-state index in [0.29, 0.717) is 15.6 Å². The average molecular weight is 476 g/mol. The highest BCUT2D eigenvalue weighted by Crippen LogP contribution is 2.26. The second kappa shape index (κ2) is 7.88. The Morgan fingerprint density at radius 2 is 2.07 bits per heavy atom. The van der Waals surface area contributed by atoms with Gasteiger partial charge in [-0.3, -0.25) is 14.2 Å². The molecule has 3 aromatic heterocycles. The molecular weight excluding hydrogens is 461 g/mol. The van der Waals surface area contributed by atoms with Crippen molar-refractivity contribution in [2.75, 3.05) is 0 Å². The summed E-state index contributed by atoms with van der Waals surface area (Å²) in [6, 6.07) is 9.30. The molecule has 1 amide bonds. The molecule has 1 unspecified atom stereocenters. The molecule has 0 aliphatic heterocycles. The molecule has 1 N–H and O–H groups in total. The van der Waals surface area contributed by atoms with E-state index in [1.807, 2.05) is 17.5 Å². The fourth-order valence-corrected chi connectivity index (χ4v) is 4.43. The number of fused-ring (bicyclic) bond motifs is 1. The van der Waals surface area contributed by atoms with Crippen LogP contribution in [0.2, 0.25) is 0 Å². The lowest BCUT2D eigenvalue weighted by atomic mass is 10.1. The van der Waals surface area contributed by atoms with Crippen molar-refractivity contribution in [1.82, 2.24) is 24.6 Å². The molecule has 3 heterocycles. The largest absolute Gasteiger partial charge is 0.343 e. The predicted molar refractivity (Wildman–Crippen MR) is 111 cm³/mol. The molecule has 1 atom stereocenters. The van der Waals surface area contributed by atoms with Gasteiger partial charge in [-0.2, -0.15) is 5.10 Å². The minimum Gasteiger partial charge on any atom is -0.343 e. The summed E-state index contributed by atoms with van der Waals surface area (Å²) in [7, 11) is 1.69. The van der Waals surface area contributed by atoms with Gasteiger partial charge in [-0.05, 0) is 45.1 Å². The molecule has 0 radical (unpaired) electrons. The van der Waals surface area contributed by atoms with Gasteiger partial charge in [0.25, 0.3) is 5.56 Å². The van der Waals surface area contributed by atoms with Gasteiger partial charge in [0.1, 0.15) is 28.7 Å². The van der Waals surface area contributed by atoms with Crippen molar-refractivity contribution in [3.05, 3.63) is 79.3 Å². The topological polar surface area (TPSA) is 81.8 Å². The maximum atomic E-state index is 13.3. The molecule has 0 aliphatic carbocycles. The van der Waals surface area contributed by atoms with Gasteiger partial charge >= 0.3 is 0 Å². The number of aryl methyl sites for hydroxylation is 1. The third kappa shape index (κ3) is 3.85. The summed E-state index contributed by atoms with van der Waals surface area (Å²) in [4.78, 5) is 30.6. The number of hydrogen-bond donors (Lipinski definition) is 1. The van der Waals surface area contributed by atoms with E-state index in [1.165, 1.54) is 39.0 Å². The fourth-order valence-electron chi connectivity index (χ4n) is 3.04. The van der Waals surface area contributed by atoms with E-state index in [2.05, 4.69) is 31.3 Å². The summed E-state index contributed by atoms with van der Waals surface area (Å²) in [5.74, 6) is -0.714. The summed E-state index contributed by atoms with van der Waals surface area (Å²) < 4.78 is 16.4. The first-order chi connectivity index (χ1) is 13.9. The monoisotopic (exact) mass is 475 g/mol. The van der Waals surface area contributed by atoms with Gasteiger partial charge in [0.15, 0.2) is 5.65 Å². The smallest absolute Gasteiger partial charge is 0.266 e. The normalized spacial score (nSPS) is 12.2. The van der Waals surface area contributed by atoms with Gasteiger partial charge in [-0.1, -0.05) is 18.2 Å². The number of hydrogen-bond acceptors (Lipinski definition) is 5. The van der Waals surface area contributed by atoms with Gasteiger partial charge < -0.3 is 5.32 Å². The van der Waals surface area contributed by atoms with Crippen molar-refractivity contribution in [2.45, 2.75) is 12.6 Å². The third-order valence-electron chi connectivity index (χ3n) is 4.42. The highest BCUT2D eigenvalue weighted by atomic mass is 79.9. The Balaban J connectivity index is 1.61. The molecule has 148 valence electrons. The highest BCUT2D eigenvalue weighted by molar-refractivity contribution is 9.10. The third-order valence-corrected chi connectivity index (χ3v) is 5.91. The van der Waals surface area contributed by atoms with Gasteiger partial charge in [-0.25, -0.2) is 14.1 Å². The zero-order chi connectivity index (χ0) is 20.5. The molecule has 0 spiro atoms. The molecular formula is C19H15BrFN5O2S.